The third-order valence-electron chi connectivity index (χ3n) is 5.98. The number of benzene rings is 2. The van der Waals surface area contributed by atoms with Crippen molar-refractivity contribution in [2.24, 2.45) is 0 Å². The van der Waals surface area contributed by atoms with Crippen LogP contribution in [0.1, 0.15) is 40.9 Å². The van der Waals surface area contributed by atoms with E-state index in [1.165, 1.54) is 16.7 Å². The molecule has 2 atom stereocenters. The van der Waals surface area contributed by atoms with Gasteiger partial charge in [0.05, 0.1) is 12.2 Å². The summed E-state index contributed by atoms with van der Waals surface area (Å²) in [6.45, 7) is 10.3. The van der Waals surface area contributed by atoms with E-state index in [9.17, 15) is 5.11 Å². The van der Waals surface area contributed by atoms with Gasteiger partial charge in [0.15, 0.2) is 0 Å². The van der Waals surface area contributed by atoms with Gasteiger partial charge in [-0.15, -0.1) is 0 Å². The van der Waals surface area contributed by atoms with Crippen LogP contribution < -0.4 is 0 Å². The largest absolute Gasteiger partial charge is 0.388 e. The van der Waals surface area contributed by atoms with Gasteiger partial charge in [0.1, 0.15) is 0 Å². The average molecular weight is 383 g/mol. The quantitative estimate of drug-likeness (QED) is 0.755. The van der Waals surface area contributed by atoms with E-state index in [0.717, 1.165) is 51.3 Å². The Bertz CT molecular complexity index is 727. The first-order chi connectivity index (χ1) is 13.6. The van der Waals surface area contributed by atoms with E-state index in [4.69, 9.17) is 4.74 Å². The summed E-state index contributed by atoms with van der Waals surface area (Å²) in [6.07, 6.45) is 0.528. The van der Waals surface area contributed by atoms with Crippen molar-refractivity contribution < 1.29 is 9.84 Å². The van der Waals surface area contributed by atoms with Crippen LogP contribution in [0.2, 0.25) is 0 Å². The van der Waals surface area contributed by atoms with Crippen molar-refractivity contribution >= 4 is 0 Å². The first kappa shape index (κ1) is 21.0. The second-order valence-corrected chi connectivity index (χ2v) is 7.93. The van der Waals surface area contributed by atoms with Gasteiger partial charge in [-0.3, -0.25) is 4.90 Å². The fourth-order valence-electron chi connectivity index (χ4n) is 3.86. The Kier molecular flexibility index (Phi) is 7.63. The number of ether oxygens (including phenoxy) is 1. The molecule has 1 aliphatic heterocycles. The van der Waals surface area contributed by atoms with Crippen molar-refractivity contribution in [2.45, 2.75) is 32.5 Å². The molecule has 0 saturated carbocycles. The molecule has 0 radical (unpaired) electrons. The standard InChI is InChI=1S/C24H34N2O2/c1-19-9-10-22(17-20(19)2)23(27)11-12-25-13-15-26(16-14-25)18-24(28-3)21-7-5-4-6-8-21/h4-10,17,23-24,27H,11-16,18H2,1-3H3. The Labute approximate surface area is 169 Å². The second kappa shape index (κ2) is 10.2. The van der Waals surface area contributed by atoms with Gasteiger partial charge in [0.2, 0.25) is 0 Å². The molecule has 3 rings (SSSR count). The minimum Gasteiger partial charge on any atom is -0.388 e. The van der Waals surface area contributed by atoms with Crippen LogP contribution in [-0.2, 0) is 4.74 Å². The summed E-state index contributed by atoms with van der Waals surface area (Å²) >= 11 is 0. The molecular formula is C24H34N2O2. The first-order valence-corrected chi connectivity index (χ1v) is 10.3. The fraction of sp³-hybridized carbons (Fsp3) is 0.500. The summed E-state index contributed by atoms with van der Waals surface area (Å²) in [4.78, 5) is 4.95. The zero-order valence-corrected chi connectivity index (χ0v) is 17.5. The van der Waals surface area contributed by atoms with Gasteiger partial charge < -0.3 is 14.7 Å². The molecular weight excluding hydrogens is 348 g/mol. The van der Waals surface area contributed by atoms with Crippen molar-refractivity contribution in [1.29, 1.82) is 0 Å². The molecule has 0 amide bonds. The molecule has 2 aromatic carbocycles. The van der Waals surface area contributed by atoms with E-state index in [1.54, 1.807) is 7.11 Å². The van der Waals surface area contributed by atoms with Crippen molar-refractivity contribution in [1.82, 2.24) is 9.80 Å². The molecule has 0 spiro atoms. The van der Waals surface area contributed by atoms with E-state index in [0.29, 0.717) is 0 Å². The molecule has 28 heavy (non-hydrogen) atoms. The molecule has 2 aromatic rings. The molecule has 4 nitrogen and oxygen atoms in total. The summed E-state index contributed by atoms with van der Waals surface area (Å²) in [6, 6.07) is 16.7. The lowest BCUT2D eigenvalue weighted by atomic mass is 10.0. The predicted molar refractivity (Wildman–Crippen MR) is 115 cm³/mol. The number of aliphatic hydroxyl groups is 1. The number of nitrogens with zero attached hydrogens (tertiary/aromatic N) is 2. The Morgan fingerprint density at radius 1 is 0.893 bits per heavy atom. The number of aliphatic hydroxyl groups excluding tert-OH is 1. The summed E-state index contributed by atoms with van der Waals surface area (Å²) in [5, 5.41) is 10.5. The van der Waals surface area contributed by atoms with Crippen LogP contribution in [0.25, 0.3) is 0 Å². The highest BCUT2D eigenvalue weighted by atomic mass is 16.5. The summed E-state index contributed by atoms with van der Waals surface area (Å²) < 4.78 is 5.72. The van der Waals surface area contributed by atoms with Gasteiger partial charge in [-0.05, 0) is 42.5 Å². The molecule has 1 heterocycles. The van der Waals surface area contributed by atoms with Crippen LogP contribution in [-0.4, -0.2) is 61.3 Å². The summed E-state index contributed by atoms with van der Waals surface area (Å²) in [5.41, 5.74) is 4.80. The maximum Gasteiger partial charge on any atom is 0.0947 e. The Morgan fingerprint density at radius 2 is 1.57 bits per heavy atom. The molecule has 2 unspecified atom stereocenters. The minimum absolute atomic E-state index is 0.124. The first-order valence-electron chi connectivity index (χ1n) is 10.3. The number of rotatable bonds is 8. The summed E-state index contributed by atoms with van der Waals surface area (Å²) in [7, 11) is 1.79. The van der Waals surface area contributed by atoms with Crippen LogP contribution >= 0.6 is 0 Å². The highest BCUT2D eigenvalue weighted by Gasteiger charge is 2.21. The van der Waals surface area contributed by atoms with Gasteiger partial charge in [-0.1, -0.05) is 48.5 Å². The average Bonchev–Trinajstić information content (AvgIpc) is 2.73. The van der Waals surface area contributed by atoms with Gasteiger partial charge >= 0.3 is 0 Å². The van der Waals surface area contributed by atoms with Crippen LogP contribution in [0.15, 0.2) is 48.5 Å². The van der Waals surface area contributed by atoms with E-state index >= 15 is 0 Å². The third-order valence-corrected chi connectivity index (χ3v) is 5.98. The van der Waals surface area contributed by atoms with Crippen molar-refractivity contribution in [3.05, 3.63) is 70.8 Å². The highest BCUT2D eigenvalue weighted by Crippen LogP contribution is 2.21. The normalized spacial score (nSPS) is 18.1. The lowest BCUT2D eigenvalue weighted by Gasteiger charge is -2.36. The van der Waals surface area contributed by atoms with E-state index in [2.05, 4.69) is 66.1 Å². The van der Waals surface area contributed by atoms with E-state index < -0.39 is 0 Å². The SMILES string of the molecule is COC(CN1CCN(CCC(O)c2ccc(C)c(C)c2)CC1)c1ccccc1. The monoisotopic (exact) mass is 382 g/mol. The van der Waals surface area contributed by atoms with Crippen LogP contribution in [0.3, 0.4) is 0 Å². The number of piperazine rings is 1. The lowest BCUT2D eigenvalue weighted by molar-refractivity contribution is 0.0387. The molecule has 1 saturated heterocycles. The number of methoxy groups -OCH3 is 1. The molecule has 1 N–H and O–H groups in total. The Morgan fingerprint density at radius 3 is 2.21 bits per heavy atom. The van der Waals surface area contributed by atoms with Gasteiger partial charge in [-0.25, -0.2) is 0 Å². The van der Waals surface area contributed by atoms with Crippen molar-refractivity contribution in [3.8, 4) is 0 Å². The van der Waals surface area contributed by atoms with Gasteiger partial charge in [-0.2, -0.15) is 0 Å². The van der Waals surface area contributed by atoms with E-state index in [1.807, 2.05) is 6.07 Å². The molecule has 152 valence electrons. The maximum absolute atomic E-state index is 10.5. The lowest BCUT2D eigenvalue weighted by Crippen LogP contribution is -2.47. The molecule has 4 heteroatoms. The van der Waals surface area contributed by atoms with E-state index in [-0.39, 0.29) is 12.2 Å². The minimum atomic E-state index is -0.381. The zero-order chi connectivity index (χ0) is 19.9. The molecule has 1 fully saturated rings. The fourth-order valence-corrected chi connectivity index (χ4v) is 3.86. The molecule has 0 aliphatic carbocycles. The summed E-state index contributed by atoms with van der Waals surface area (Å²) in [5.74, 6) is 0. The third kappa shape index (κ3) is 5.65. The molecule has 1 aliphatic rings. The zero-order valence-electron chi connectivity index (χ0n) is 17.5. The van der Waals surface area contributed by atoms with Gasteiger partial charge in [0.25, 0.3) is 0 Å². The number of hydrogen-bond acceptors (Lipinski definition) is 4. The van der Waals surface area contributed by atoms with Gasteiger partial charge in [0, 0.05) is 46.4 Å². The van der Waals surface area contributed by atoms with Crippen LogP contribution in [0.4, 0.5) is 0 Å². The second-order valence-electron chi connectivity index (χ2n) is 7.93. The smallest absolute Gasteiger partial charge is 0.0947 e. The topological polar surface area (TPSA) is 35.9 Å². The van der Waals surface area contributed by atoms with Crippen molar-refractivity contribution in [3.63, 3.8) is 0 Å². The molecule has 0 aromatic heterocycles. The Balaban J connectivity index is 1.43. The van der Waals surface area contributed by atoms with Crippen LogP contribution in [0, 0.1) is 13.8 Å². The highest BCUT2D eigenvalue weighted by molar-refractivity contribution is 5.31. The predicted octanol–water partition coefficient (Wildman–Crippen LogP) is 3.73. The Hall–Kier alpha value is -1.72. The number of aryl methyl sites for hydroxylation is 2. The number of hydrogen-bond donors (Lipinski definition) is 1. The van der Waals surface area contributed by atoms with Crippen LogP contribution in [0.5, 0.6) is 0 Å². The maximum atomic E-state index is 10.5. The van der Waals surface area contributed by atoms with Crippen molar-refractivity contribution in [2.75, 3.05) is 46.4 Å². The molecule has 0 bridgehead atoms.